The van der Waals surface area contributed by atoms with Gasteiger partial charge < -0.3 is 10.2 Å². The van der Waals surface area contributed by atoms with E-state index in [4.69, 9.17) is 0 Å². The summed E-state index contributed by atoms with van der Waals surface area (Å²) in [5.74, 6) is 2.04. The highest BCUT2D eigenvalue weighted by Crippen LogP contribution is 2.66. The molecule has 0 aromatic heterocycles. The van der Waals surface area contributed by atoms with Crippen molar-refractivity contribution in [3.8, 4) is 0 Å². The maximum atomic E-state index is 11.8. The number of hydrogen-bond donors (Lipinski definition) is 2. The monoisotopic (exact) mass is 360 g/mol. The summed E-state index contributed by atoms with van der Waals surface area (Å²) >= 11 is 0. The maximum absolute atomic E-state index is 11.8. The summed E-state index contributed by atoms with van der Waals surface area (Å²) in [5.41, 5.74) is 1.23. The molecule has 0 bridgehead atoms. The van der Waals surface area contributed by atoms with Crippen molar-refractivity contribution in [1.82, 2.24) is 0 Å². The van der Waals surface area contributed by atoms with Crippen LogP contribution in [0.1, 0.15) is 66.2 Å². The number of fused-ring (bicyclic) bond motifs is 5. The van der Waals surface area contributed by atoms with E-state index in [9.17, 15) is 15.0 Å². The Kier molecular flexibility index (Phi) is 5.52. The molecule has 0 heterocycles. The molecule has 26 heavy (non-hydrogen) atoms. The first-order chi connectivity index (χ1) is 12.4. The molecule has 0 saturated heterocycles. The van der Waals surface area contributed by atoms with E-state index in [0.29, 0.717) is 17.8 Å². The summed E-state index contributed by atoms with van der Waals surface area (Å²) in [6.07, 6.45) is 11.5. The Morgan fingerprint density at radius 1 is 1.19 bits per heavy atom. The van der Waals surface area contributed by atoms with Gasteiger partial charge in [-0.3, -0.25) is 4.79 Å². The summed E-state index contributed by atoms with van der Waals surface area (Å²) in [4.78, 5) is 11.8. The number of rotatable bonds is 2. The van der Waals surface area contributed by atoms with Crippen molar-refractivity contribution in [2.75, 3.05) is 6.61 Å². The zero-order valence-electron chi connectivity index (χ0n) is 16.9. The van der Waals surface area contributed by atoms with E-state index in [2.05, 4.69) is 19.9 Å². The Balaban J connectivity index is 0.000000948. The van der Waals surface area contributed by atoms with Gasteiger partial charge in [-0.1, -0.05) is 39.3 Å². The zero-order chi connectivity index (χ0) is 19.1. The van der Waals surface area contributed by atoms with Crippen LogP contribution in [0.3, 0.4) is 0 Å². The van der Waals surface area contributed by atoms with E-state index in [-0.39, 0.29) is 35.2 Å². The first-order valence-electron chi connectivity index (χ1n) is 10.6. The molecule has 4 aliphatic carbocycles. The number of aliphatic hydroxyl groups is 2. The molecular formula is C23H36O3. The summed E-state index contributed by atoms with van der Waals surface area (Å²) in [5, 5.41) is 20.6. The lowest BCUT2D eigenvalue weighted by Gasteiger charge is -2.59. The van der Waals surface area contributed by atoms with E-state index in [1.807, 2.05) is 19.9 Å². The molecule has 3 saturated carbocycles. The van der Waals surface area contributed by atoms with Gasteiger partial charge in [0.1, 0.15) is 0 Å². The average molecular weight is 361 g/mol. The molecule has 2 N–H and O–H groups in total. The van der Waals surface area contributed by atoms with Gasteiger partial charge in [0.15, 0.2) is 5.78 Å². The van der Waals surface area contributed by atoms with Crippen LogP contribution in [-0.4, -0.2) is 28.7 Å². The molecule has 0 aromatic carbocycles. The van der Waals surface area contributed by atoms with Crippen LogP contribution in [0, 0.1) is 34.5 Å². The van der Waals surface area contributed by atoms with Gasteiger partial charge in [-0.2, -0.15) is 0 Å². The minimum absolute atomic E-state index is 0.0972. The van der Waals surface area contributed by atoms with Gasteiger partial charge in [0.25, 0.3) is 0 Å². The molecule has 7 atom stereocenters. The Morgan fingerprint density at radius 2 is 1.92 bits per heavy atom. The van der Waals surface area contributed by atoms with Gasteiger partial charge in [0.2, 0.25) is 0 Å². The largest absolute Gasteiger partial charge is 0.396 e. The predicted molar refractivity (Wildman–Crippen MR) is 105 cm³/mol. The fourth-order valence-corrected chi connectivity index (χ4v) is 7.06. The molecule has 3 nitrogen and oxygen atoms in total. The highest BCUT2D eigenvalue weighted by atomic mass is 16.3. The Bertz CT molecular complexity index is 607. The fourth-order valence-electron chi connectivity index (χ4n) is 7.06. The van der Waals surface area contributed by atoms with Crippen LogP contribution in [0.5, 0.6) is 0 Å². The molecule has 0 radical (unpaired) electrons. The Morgan fingerprint density at radius 3 is 2.62 bits per heavy atom. The summed E-state index contributed by atoms with van der Waals surface area (Å²) in [7, 11) is 0. The summed E-state index contributed by atoms with van der Waals surface area (Å²) in [6.45, 7) is 8.84. The third-order valence-electron chi connectivity index (χ3n) is 8.17. The number of carbonyl (C=O) groups excluding carboxylic acids is 1. The van der Waals surface area contributed by atoms with Crippen LogP contribution >= 0.6 is 0 Å². The molecule has 0 amide bonds. The van der Waals surface area contributed by atoms with E-state index in [0.717, 1.165) is 25.7 Å². The Labute approximate surface area is 158 Å². The molecule has 0 aromatic rings. The number of carbonyl (C=O) groups is 1. The second-order valence-electron chi connectivity index (χ2n) is 9.09. The van der Waals surface area contributed by atoms with E-state index in [1.54, 1.807) is 6.08 Å². The van der Waals surface area contributed by atoms with Crippen LogP contribution in [0.2, 0.25) is 0 Å². The maximum Gasteiger partial charge on any atom is 0.178 e. The summed E-state index contributed by atoms with van der Waals surface area (Å²) < 4.78 is 0. The minimum atomic E-state index is -0.318. The van der Waals surface area contributed by atoms with Crippen molar-refractivity contribution in [3.05, 3.63) is 23.8 Å². The van der Waals surface area contributed by atoms with Crippen molar-refractivity contribution < 1.29 is 15.0 Å². The van der Waals surface area contributed by atoms with Gasteiger partial charge in [-0.25, -0.2) is 0 Å². The van der Waals surface area contributed by atoms with Crippen molar-refractivity contribution in [3.63, 3.8) is 0 Å². The van der Waals surface area contributed by atoms with Crippen LogP contribution in [0.4, 0.5) is 0 Å². The average Bonchev–Trinajstić information content (AvgIpc) is 2.93. The van der Waals surface area contributed by atoms with E-state index in [1.165, 1.54) is 18.4 Å². The van der Waals surface area contributed by atoms with Crippen LogP contribution in [0.25, 0.3) is 0 Å². The highest BCUT2D eigenvalue weighted by molar-refractivity contribution is 6.01. The topological polar surface area (TPSA) is 57.5 Å². The molecular weight excluding hydrogens is 324 g/mol. The van der Waals surface area contributed by atoms with Gasteiger partial charge in [-0.15, -0.1) is 0 Å². The van der Waals surface area contributed by atoms with Gasteiger partial charge in [0.05, 0.1) is 6.10 Å². The van der Waals surface area contributed by atoms with Crippen molar-refractivity contribution >= 4 is 5.78 Å². The van der Waals surface area contributed by atoms with E-state index < -0.39 is 0 Å². The molecule has 7 unspecified atom stereocenters. The smallest absolute Gasteiger partial charge is 0.178 e. The zero-order valence-corrected chi connectivity index (χ0v) is 16.9. The molecule has 3 fully saturated rings. The number of allylic oxidation sites excluding steroid dienone is 4. The number of hydrogen-bond acceptors (Lipinski definition) is 3. The second kappa shape index (κ2) is 7.24. The summed E-state index contributed by atoms with van der Waals surface area (Å²) in [6, 6.07) is 0. The lowest BCUT2D eigenvalue weighted by molar-refractivity contribution is -0.119. The second-order valence-corrected chi connectivity index (χ2v) is 9.09. The number of ketones is 1. The highest BCUT2D eigenvalue weighted by Gasteiger charge is 2.61. The first-order valence-corrected chi connectivity index (χ1v) is 10.6. The SMILES string of the molecule is CC.CC12C=CC(=O)C=C1CCC1C2C(O)CC2(C)C(CCO)CCC12. The minimum Gasteiger partial charge on any atom is -0.396 e. The van der Waals surface area contributed by atoms with Crippen LogP contribution in [0.15, 0.2) is 23.8 Å². The van der Waals surface area contributed by atoms with Gasteiger partial charge >= 0.3 is 0 Å². The van der Waals surface area contributed by atoms with E-state index >= 15 is 0 Å². The van der Waals surface area contributed by atoms with Crippen molar-refractivity contribution in [2.24, 2.45) is 34.5 Å². The standard InChI is InChI=1S/C21H30O3.C2H6/c1-20-9-7-15(23)11-14(20)3-5-16-17-6-4-13(8-10-22)21(17,2)12-18(24)19(16)20;1-2/h7,9,11,13,16-19,22,24H,3-6,8,10,12H2,1-2H3;1-2H3. The normalized spacial score (nSPS) is 46.5. The molecule has 4 rings (SSSR count). The first kappa shape index (κ1) is 19.8. The van der Waals surface area contributed by atoms with Crippen LogP contribution < -0.4 is 0 Å². The van der Waals surface area contributed by atoms with Gasteiger partial charge in [0, 0.05) is 17.9 Å². The lowest BCUT2D eigenvalue weighted by atomic mass is 9.47. The Hall–Kier alpha value is -0.930. The quantitative estimate of drug-likeness (QED) is 0.772. The third kappa shape index (κ3) is 2.82. The molecule has 0 spiro atoms. The fraction of sp³-hybridized carbons (Fsp3) is 0.783. The third-order valence-corrected chi connectivity index (χ3v) is 8.17. The van der Waals surface area contributed by atoms with Crippen LogP contribution in [-0.2, 0) is 4.79 Å². The molecule has 146 valence electrons. The number of aliphatic hydroxyl groups excluding tert-OH is 2. The van der Waals surface area contributed by atoms with Gasteiger partial charge in [-0.05, 0) is 73.8 Å². The predicted octanol–water partition coefficient (Wildman–Crippen LogP) is 4.29. The van der Waals surface area contributed by atoms with Crippen molar-refractivity contribution in [2.45, 2.75) is 72.3 Å². The van der Waals surface area contributed by atoms with Crippen molar-refractivity contribution in [1.29, 1.82) is 0 Å². The molecule has 4 aliphatic rings. The lowest BCUT2D eigenvalue weighted by Crippen LogP contribution is -2.55. The molecule has 3 heteroatoms. The molecule has 0 aliphatic heterocycles.